The maximum atomic E-state index is 12.1. The predicted molar refractivity (Wildman–Crippen MR) is 84.8 cm³/mol. The number of fused-ring (bicyclic) bond motifs is 1. The summed E-state index contributed by atoms with van der Waals surface area (Å²) < 4.78 is 3.18. The molecule has 4 heteroatoms. The van der Waals surface area contributed by atoms with Crippen molar-refractivity contribution in [1.29, 1.82) is 0 Å². The van der Waals surface area contributed by atoms with Gasteiger partial charge in [0.2, 0.25) is 0 Å². The van der Waals surface area contributed by atoms with Crippen LogP contribution in [-0.4, -0.2) is 10.5 Å². The summed E-state index contributed by atoms with van der Waals surface area (Å²) in [6, 6.07) is 6.27. The highest BCUT2D eigenvalue weighted by molar-refractivity contribution is 7.16. The van der Waals surface area contributed by atoms with Crippen LogP contribution in [0.4, 0.5) is 0 Å². The van der Waals surface area contributed by atoms with Gasteiger partial charge < -0.3 is 4.57 Å². The molecule has 0 radical (unpaired) electrons. The molecule has 1 aromatic carbocycles. The van der Waals surface area contributed by atoms with Crippen LogP contribution in [0.1, 0.15) is 26.3 Å². The molecule has 1 amide bonds. The summed E-state index contributed by atoms with van der Waals surface area (Å²) in [5.74, 6) is -0.0985. The lowest BCUT2D eigenvalue weighted by atomic mass is 9.96. The summed E-state index contributed by atoms with van der Waals surface area (Å²) in [5, 5.41) is 0. The van der Waals surface area contributed by atoms with Crippen molar-refractivity contribution in [3.8, 4) is 0 Å². The van der Waals surface area contributed by atoms with Crippen molar-refractivity contribution in [2.24, 2.45) is 10.4 Å². The van der Waals surface area contributed by atoms with Gasteiger partial charge >= 0.3 is 0 Å². The van der Waals surface area contributed by atoms with Crippen molar-refractivity contribution in [3.05, 3.63) is 41.2 Å². The van der Waals surface area contributed by atoms with E-state index in [-0.39, 0.29) is 5.91 Å². The van der Waals surface area contributed by atoms with Crippen molar-refractivity contribution in [3.63, 3.8) is 0 Å². The van der Waals surface area contributed by atoms with E-state index >= 15 is 0 Å². The number of carbonyl (C=O) groups is 1. The van der Waals surface area contributed by atoms with Crippen molar-refractivity contribution in [2.75, 3.05) is 0 Å². The molecule has 0 unspecified atom stereocenters. The normalized spacial score (nSPS) is 12.9. The number of benzene rings is 1. The third-order valence-corrected chi connectivity index (χ3v) is 4.03. The highest BCUT2D eigenvalue weighted by Gasteiger charge is 2.21. The average molecular weight is 288 g/mol. The number of amides is 1. The fourth-order valence-electron chi connectivity index (χ4n) is 1.83. The maximum Gasteiger partial charge on any atom is 0.253 e. The van der Waals surface area contributed by atoms with Crippen molar-refractivity contribution >= 4 is 27.5 Å². The van der Waals surface area contributed by atoms with E-state index in [1.54, 1.807) is 11.3 Å². The molecule has 1 aromatic heterocycles. The van der Waals surface area contributed by atoms with Crippen LogP contribution in [0.5, 0.6) is 0 Å². The quantitative estimate of drug-likeness (QED) is 0.776. The highest BCUT2D eigenvalue weighted by Crippen LogP contribution is 2.20. The highest BCUT2D eigenvalue weighted by atomic mass is 32.1. The van der Waals surface area contributed by atoms with Crippen molar-refractivity contribution in [2.45, 2.75) is 34.2 Å². The van der Waals surface area contributed by atoms with Gasteiger partial charge in [-0.2, -0.15) is 4.99 Å². The minimum Gasteiger partial charge on any atom is -0.313 e. The zero-order valence-electron chi connectivity index (χ0n) is 12.4. The molecule has 0 aliphatic heterocycles. The summed E-state index contributed by atoms with van der Waals surface area (Å²) >= 11 is 1.55. The Bertz CT molecular complexity index is 729. The molecule has 0 N–H and O–H groups in total. The number of allylic oxidation sites excluding steroid dienone is 1. The van der Waals surface area contributed by atoms with Crippen LogP contribution in [0.3, 0.4) is 0 Å². The van der Waals surface area contributed by atoms with Crippen LogP contribution in [0, 0.1) is 12.3 Å². The molecule has 20 heavy (non-hydrogen) atoms. The monoisotopic (exact) mass is 288 g/mol. The predicted octanol–water partition coefficient (Wildman–Crippen LogP) is 3.67. The summed E-state index contributed by atoms with van der Waals surface area (Å²) in [6.07, 6.45) is 1.83. The van der Waals surface area contributed by atoms with Gasteiger partial charge in [0.25, 0.3) is 5.91 Å². The summed E-state index contributed by atoms with van der Waals surface area (Å²) in [5.41, 5.74) is 1.84. The Kier molecular flexibility index (Phi) is 3.95. The number of aromatic nitrogens is 1. The SMILES string of the molecule is C=CCn1c(=NC(=O)C(C)(C)C)sc2cc(C)ccc21. The molecule has 0 saturated heterocycles. The van der Waals surface area contributed by atoms with Gasteiger partial charge in [0, 0.05) is 12.0 Å². The fourth-order valence-corrected chi connectivity index (χ4v) is 2.96. The molecule has 1 heterocycles. The second-order valence-corrected chi connectivity index (χ2v) is 6.93. The third-order valence-electron chi connectivity index (χ3n) is 2.99. The Hall–Kier alpha value is -1.68. The topological polar surface area (TPSA) is 34.4 Å². The first-order chi connectivity index (χ1) is 9.32. The summed E-state index contributed by atoms with van der Waals surface area (Å²) in [4.78, 5) is 17.2. The first-order valence-electron chi connectivity index (χ1n) is 6.63. The van der Waals surface area contributed by atoms with Crippen LogP contribution in [-0.2, 0) is 11.3 Å². The number of hydrogen-bond acceptors (Lipinski definition) is 2. The Morgan fingerprint density at radius 3 is 2.75 bits per heavy atom. The van der Waals surface area contributed by atoms with E-state index in [4.69, 9.17) is 0 Å². The average Bonchev–Trinajstić information content (AvgIpc) is 2.66. The van der Waals surface area contributed by atoms with E-state index in [1.165, 1.54) is 5.56 Å². The lowest BCUT2D eigenvalue weighted by molar-refractivity contribution is -0.125. The Labute approximate surface area is 123 Å². The van der Waals surface area contributed by atoms with E-state index in [0.29, 0.717) is 6.54 Å². The molecule has 0 aliphatic carbocycles. The summed E-state index contributed by atoms with van der Waals surface area (Å²) in [7, 11) is 0. The number of hydrogen-bond donors (Lipinski definition) is 0. The minimum absolute atomic E-state index is 0.0985. The molecule has 0 atom stereocenters. The second kappa shape index (κ2) is 5.37. The lowest BCUT2D eigenvalue weighted by Gasteiger charge is -2.11. The third kappa shape index (κ3) is 2.90. The molecular formula is C16H20N2OS. The van der Waals surface area contributed by atoms with E-state index in [0.717, 1.165) is 15.0 Å². The minimum atomic E-state index is -0.460. The molecule has 0 saturated carbocycles. The number of aryl methyl sites for hydroxylation is 1. The maximum absolute atomic E-state index is 12.1. The Balaban J connectivity index is 2.69. The molecule has 2 rings (SSSR count). The van der Waals surface area contributed by atoms with Gasteiger partial charge in [0.05, 0.1) is 10.2 Å². The number of nitrogens with zero attached hydrogens (tertiary/aromatic N) is 2. The van der Waals surface area contributed by atoms with Gasteiger partial charge in [0.1, 0.15) is 0 Å². The smallest absolute Gasteiger partial charge is 0.253 e. The standard InChI is InChI=1S/C16H20N2OS/c1-6-9-18-12-8-7-11(2)10-13(12)20-15(18)17-14(19)16(3,4)5/h6-8,10H,1,9H2,2-5H3. The largest absolute Gasteiger partial charge is 0.313 e. The van der Waals surface area contributed by atoms with E-state index in [1.807, 2.05) is 31.4 Å². The molecule has 0 aliphatic rings. The van der Waals surface area contributed by atoms with Crippen molar-refractivity contribution in [1.82, 2.24) is 4.57 Å². The first kappa shape index (κ1) is 14.7. The molecule has 0 spiro atoms. The van der Waals surface area contributed by atoms with E-state index in [9.17, 15) is 4.79 Å². The first-order valence-corrected chi connectivity index (χ1v) is 7.44. The van der Waals surface area contributed by atoms with Gasteiger partial charge in [-0.15, -0.1) is 6.58 Å². The number of rotatable bonds is 2. The molecule has 0 bridgehead atoms. The second-order valence-electron chi connectivity index (χ2n) is 5.92. The van der Waals surface area contributed by atoms with Gasteiger partial charge in [-0.3, -0.25) is 4.79 Å². The van der Waals surface area contributed by atoms with E-state index < -0.39 is 5.41 Å². The van der Waals surface area contributed by atoms with Crippen LogP contribution in [0.25, 0.3) is 10.2 Å². The summed E-state index contributed by atoms with van der Waals surface area (Å²) in [6.45, 7) is 12.2. The van der Waals surface area contributed by atoms with Gasteiger partial charge in [-0.25, -0.2) is 0 Å². The lowest BCUT2D eigenvalue weighted by Crippen LogP contribution is -2.23. The Morgan fingerprint density at radius 1 is 1.45 bits per heavy atom. The molecular weight excluding hydrogens is 268 g/mol. The van der Waals surface area contributed by atoms with Gasteiger partial charge in [0.15, 0.2) is 4.80 Å². The van der Waals surface area contributed by atoms with Crippen molar-refractivity contribution < 1.29 is 4.79 Å². The number of thiazole rings is 1. The zero-order valence-corrected chi connectivity index (χ0v) is 13.3. The number of carbonyl (C=O) groups excluding carboxylic acids is 1. The zero-order chi connectivity index (χ0) is 14.9. The van der Waals surface area contributed by atoms with Crippen LogP contribution in [0.2, 0.25) is 0 Å². The molecule has 106 valence electrons. The van der Waals surface area contributed by atoms with Gasteiger partial charge in [-0.1, -0.05) is 44.3 Å². The molecule has 2 aromatic rings. The molecule has 3 nitrogen and oxygen atoms in total. The molecule has 0 fully saturated rings. The van der Waals surface area contributed by atoms with E-state index in [2.05, 4.69) is 36.7 Å². The van der Waals surface area contributed by atoms with Crippen LogP contribution >= 0.6 is 11.3 Å². The van der Waals surface area contributed by atoms with Gasteiger partial charge in [-0.05, 0) is 24.6 Å². The van der Waals surface area contributed by atoms with Crippen LogP contribution in [0.15, 0.2) is 35.8 Å². The Morgan fingerprint density at radius 2 is 2.15 bits per heavy atom. The van der Waals surface area contributed by atoms with Crippen LogP contribution < -0.4 is 4.80 Å². The fraction of sp³-hybridized carbons (Fsp3) is 0.375.